The summed E-state index contributed by atoms with van der Waals surface area (Å²) in [6, 6.07) is 3.73. The lowest BCUT2D eigenvalue weighted by atomic mass is 10.2. The number of thiol groups is 1. The molecule has 19 heavy (non-hydrogen) atoms. The lowest BCUT2D eigenvalue weighted by Crippen LogP contribution is -2.16. The first-order valence-corrected chi connectivity index (χ1v) is 6.75. The van der Waals surface area contributed by atoms with Crippen molar-refractivity contribution in [2.75, 3.05) is 13.2 Å². The second-order valence-corrected chi connectivity index (χ2v) is 5.25. The van der Waals surface area contributed by atoms with Gasteiger partial charge in [-0.3, -0.25) is 10.4 Å². The quantitative estimate of drug-likeness (QED) is 0.384. The molecule has 1 saturated heterocycles. The number of nitrogens with zero attached hydrogens (tertiary/aromatic N) is 2. The summed E-state index contributed by atoms with van der Waals surface area (Å²) in [7, 11) is 0. The zero-order valence-electron chi connectivity index (χ0n) is 10.5. The van der Waals surface area contributed by atoms with Crippen LogP contribution in [0.1, 0.15) is 19.0 Å². The average molecular weight is 297 g/mol. The molecule has 0 spiro atoms. The van der Waals surface area contributed by atoms with E-state index in [1.54, 1.807) is 6.20 Å². The Labute approximate surface area is 122 Å². The molecule has 1 aliphatic rings. The topological polar surface area (TPSA) is 55.7 Å². The van der Waals surface area contributed by atoms with Crippen molar-refractivity contribution in [2.45, 2.75) is 19.4 Å². The molecule has 0 amide bonds. The van der Waals surface area contributed by atoms with E-state index in [-0.39, 0.29) is 6.10 Å². The Bertz CT molecular complexity index is 470. The van der Waals surface area contributed by atoms with Gasteiger partial charge in [0, 0.05) is 6.42 Å². The van der Waals surface area contributed by atoms with Gasteiger partial charge in [0.05, 0.1) is 30.8 Å². The number of pyridine rings is 1. The largest absolute Gasteiger partial charge is 0.486 e. The summed E-state index contributed by atoms with van der Waals surface area (Å²) in [5.41, 5.74) is 4.10. The Kier molecular flexibility index (Phi) is 5.12. The number of hydrogen-bond acceptors (Lipinski definition) is 5. The van der Waals surface area contributed by atoms with Gasteiger partial charge in [-0.25, -0.2) is 0 Å². The molecule has 102 valence electrons. The van der Waals surface area contributed by atoms with E-state index >= 15 is 0 Å². The number of ether oxygens (including phenoxy) is 2. The summed E-state index contributed by atoms with van der Waals surface area (Å²) < 4.78 is 11.3. The minimum absolute atomic E-state index is 0.130. The molecule has 1 aromatic heterocycles. The number of rotatable bonds is 4. The van der Waals surface area contributed by atoms with Crippen molar-refractivity contribution in [3.05, 3.63) is 24.0 Å². The zero-order chi connectivity index (χ0) is 13.7. The second-order valence-electron chi connectivity index (χ2n) is 4.10. The van der Waals surface area contributed by atoms with Gasteiger partial charge in [-0.1, -0.05) is 12.2 Å². The van der Waals surface area contributed by atoms with Gasteiger partial charge in [0.2, 0.25) is 0 Å². The highest BCUT2D eigenvalue weighted by Crippen LogP contribution is 2.16. The van der Waals surface area contributed by atoms with E-state index in [0.717, 1.165) is 30.2 Å². The fourth-order valence-corrected chi connectivity index (χ4v) is 1.75. The molecule has 0 radical (unpaired) electrons. The summed E-state index contributed by atoms with van der Waals surface area (Å²) in [5, 5.41) is 4.05. The minimum atomic E-state index is 0.130. The van der Waals surface area contributed by atoms with Gasteiger partial charge in [0.1, 0.15) is 11.9 Å². The van der Waals surface area contributed by atoms with Crippen molar-refractivity contribution in [3.8, 4) is 5.75 Å². The highest BCUT2D eigenvalue weighted by Gasteiger charge is 2.17. The zero-order valence-corrected chi connectivity index (χ0v) is 12.2. The molecule has 0 bridgehead atoms. The standard InChI is InChI=1S/C12H15N3O2S2/c1-8(14-15-12(18)19)11-3-2-9(6-13-11)17-10-4-5-16-7-10/h2-3,6,10H,4-5,7H2,1H3,(H2,15,18,19)/b14-8+. The third-order valence-electron chi connectivity index (χ3n) is 2.62. The van der Waals surface area contributed by atoms with Crippen molar-refractivity contribution in [2.24, 2.45) is 5.10 Å². The maximum Gasteiger partial charge on any atom is 0.150 e. The van der Waals surface area contributed by atoms with Crippen LogP contribution >= 0.6 is 24.8 Å². The van der Waals surface area contributed by atoms with Gasteiger partial charge in [0.25, 0.3) is 0 Å². The highest BCUT2D eigenvalue weighted by molar-refractivity contribution is 8.11. The summed E-state index contributed by atoms with van der Waals surface area (Å²) in [6.45, 7) is 3.25. The molecule has 2 heterocycles. The van der Waals surface area contributed by atoms with Crippen molar-refractivity contribution < 1.29 is 9.47 Å². The van der Waals surface area contributed by atoms with Crippen LogP contribution in [0.15, 0.2) is 23.4 Å². The molecule has 1 unspecified atom stereocenters. The Morgan fingerprint density at radius 1 is 1.63 bits per heavy atom. The van der Waals surface area contributed by atoms with Gasteiger partial charge < -0.3 is 9.47 Å². The maximum atomic E-state index is 5.73. The van der Waals surface area contributed by atoms with E-state index in [0.29, 0.717) is 10.9 Å². The predicted octanol–water partition coefficient (Wildman–Crippen LogP) is 1.78. The summed E-state index contributed by atoms with van der Waals surface area (Å²) >= 11 is 8.69. The van der Waals surface area contributed by atoms with Crippen molar-refractivity contribution in [1.82, 2.24) is 10.4 Å². The molecule has 1 aliphatic heterocycles. The number of aromatic nitrogens is 1. The molecule has 7 heteroatoms. The molecule has 5 nitrogen and oxygen atoms in total. The number of hydrogen-bond donors (Lipinski definition) is 2. The van der Waals surface area contributed by atoms with Crippen LogP contribution in [0.3, 0.4) is 0 Å². The molecule has 2 rings (SSSR count). The fourth-order valence-electron chi connectivity index (χ4n) is 1.65. The van der Waals surface area contributed by atoms with Crippen LogP contribution in [0.4, 0.5) is 0 Å². The van der Waals surface area contributed by atoms with Crippen LogP contribution < -0.4 is 10.2 Å². The van der Waals surface area contributed by atoms with Crippen LogP contribution in [0.25, 0.3) is 0 Å². The first-order valence-electron chi connectivity index (χ1n) is 5.89. The third-order valence-corrected chi connectivity index (χ3v) is 2.81. The molecule has 0 aliphatic carbocycles. The van der Waals surface area contributed by atoms with E-state index in [1.807, 2.05) is 19.1 Å². The van der Waals surface area contributed by atoms with Crippen molar-refractivity contribution >= 4 is 34.9 Å². The van der Waals surface area contributed by atoms with Crippen LogP contribution in [0, 0.1) is 0 Å². The normalized spacial score (nSPS) is 19.3. The van der Waals surface area contributed by atoms with Crippen LogP contribution in [-0.2, 0) is 4.74 Å². The van der Waals surface area contributed by atoms with Gasteiger partial charge in [0.15, 0.2) is 4.32 Å². The molecule has 0 aromatic carbocycles. The van der Waals surface area contributed by atoms with E-state index in [2.05, 4.69) is 28.1 Å². The maximum absolute atomic E-state index is 5.73. The number of hydrazone groups is 1. The Morgan fingerprint density at radius 3 is 3.05 bits per heavy atom. The number of thiocarbonyl (C=S) groups is 1. The summed E-state index contributed by atoms with van der Waals surface area (Å²) in [4.78, 5) is 4.29. The van der Waals surface area contributed by atoms with Gasteiger partial charge >= 0.3 is 0 Å². The first-order chi connectivity index (χ1) is 9.15. The molecule has 1 aromatic rings. The Hall–Kier alpha value is -1.18. The van der Waals surface area contributed by atoms with Crippen molar-refractivity contribution in [3.63, 3.8) is 0 Å². The van der Waals surface area contributed by atoms with Crippen molar-refractivity contribution in [1.29, 1.82) is 0 Å². The number of nitrogens with one attached hydrogen (secondary N) is 1. The second kappa shape index (κ2) is 6.83. The fraction of sp³-hybridized carbons (Fsp3) is 0.417. The molecule has 0 saturated carbocycles. The lowest BCUT2D eigenvalue weighted by molar-refractivity contribution is 0.141. The summed E-state index contributed by atoms with van der Waals surface area (Å²) in [5.74, 6) is 0.740. The van der Waals surface area contributed by atoms with Gasteiger partial charge in [-0.05, 0) is 19.1 Å². The molecular weight excluding hydrogens is 282 g/mol. The summed E-state index contributed by atoms with van der Waals surface area (Å²) in [6.07, 6.45) is 2.74. The van der Waals surface area contributed by atoms with E-state index in [9.17, 15) is 0 Å². The minimum Gasteiger partial charge on any atom is -0.486 e. The Balaban J connectivity index is 1.97. The third kappa shape index (κ3) is 4.45. The molecule has 1 fully saturated rings. The molecule has 1 N–H and O–H groups in total. The smallest absolute Gasteiger partial charge is 0.150 e. The van der Waals surface area contributed by atoms with E-state index < -0.39 is 0 Å². The average Bonchev–Trinajstić information content (AvgIpc) is 2.89. The molecular formula is C12H15N3O2S2. The van der Waals surface area contributed by atoms with Crippen LogP contribution in [0.5, 0.6) is 5.75 Å². The van der Waals surface area contributed by atoms with Crippen LogP contribution in [-0.4, -0.2) is 34.3 Å². The van der Waals surface area contributed by atoms with E-state index in [4.69, 9.17) is 21.7 Å². The molecule has 1 atom stereocenters. The highest BCUT2D eigenvalue weighted by atomic mass is 32.1. The monoisotopic (exact) mass is 297 g/mol. The lowest BCUT2D eigenvalue weighted by Gasteiger charge is -2.11. The van der Waals surface area contributed by atoms with Crippen LogP contribution in [0.2, 0.25) is 0 Å². The SMILES string of the molecule is C/C(=N\NC(=S)S)c1ccc(OC2CCOC2)cn1. The van der Waals surface area contributed by atoms with Gasteiger partial charge in [-0.15, -0.1) is 12.6 Å². The van der Waals surface area contributed by atoms with Gasteiger partial charge in [-0.2, -0.15) is 5.10 Å². The first kappa shape index (κ1) is 14.2. The Morgan fingerprint density at radius 2 is 2.47 bits per heavy atom. The van der Waals surface area contributed by atoms with E-state index in [1.165, 1.54) is 0 Å². The predicted molar refractivity (Wildman–Crippen MR) is 81.0 cm³/mol.